The van der Waals surface area contributed by atoms with Gasteiger partial charge in [-0.1, -0.05) is 12.2 Å². The third-order valence-corrected chi connectivity index (χ3v) is 4.64. The van der Waals surface area contributed by atoms with Gasteiger partial charge in [0.15, 0.2) is 12.2 Å². The van der Waals surface area contributed by atoms with Crippen LogP contribution in [-0.4, -0.2) is 36.4 Å². The maximum absolute atomic E-state index is 12.1. The van der Waals surface area contributed by atoms with E-state index >= 15 is 0 Å². The van der Waals surface area contributed by atoms with E-state index < -0.39 is 6.10 Å². The molecule has 3 heterocycles. The van der Waals surface area contributed by atoms with E-state index in [4.69, 9.17) is 14.2 Å². The number of ether oxygens (including phenoxy) is 3. The van der Waals surface area contributed by atoms with Crippen molar-refractivity contribution in [2.24, 2.45) is 11.8 Å². The second-order valence-corrected chi connectivity index (χ2v) is 5.77. The highest BCUT2D eigenvalue weighted by molar-refractivity contribution is 5.78. The predicted octanol–water partition coefficient (Wildman–Crippen LogP) is 0.967. The van der Waals surface area contributed by atoms with Gasteiger partial charge < -0.3 is 14.2 Å². The van der Waals surface area contributed by atoms with Gasteiger partial charge >= 0.3 is 11.9 Å². The Hall–Kier alpha value is -1.36. The van der Waals surface area contributed by atoms with Crippen LogP contribution in [0.5, 0.6) is 0 Å². The van der Waals surface area contributed by atoms with Gasteiger partial charge in [0.25, 0.3) is 0 Å². The Morgan fingerprint density at radius 1 is 1.32 bits per heavy atom. The molecule has 19 heavy (non-hydrogen) atoms. The van der Waals surface area contributed by atoms with Crippen molar-refractivity contribution < 1.29 is 23.8 Å². The van der Waals surface area contributed by atoms with Gasteiger partial charge in [-0.05, 0) is 25.7 Å². The highest BCUT2D eigenvalue weighted by Gasteiger charge is 2.65. The topological polar surface area (TPSA) is 61.8 Å². The molecule has 0 aromatic heterocycles. The van der Waals surface area contributed by atoms with Gasteiger partial charge in [-0.25, -0.2) is 0 Å². The fourth-order valence-corrected chi connectivity index (χ4v) is 3.62. The van der Waals surface area contributed by atoms with Crippen LogP contribution in [0.25, 0.3) is 0 Å². The number of fused-ring (bicyclic) bond motifs is 1. The lowest BCUT2D eigenvalue weighted by atomic mass is 9.88. The molecule has 2 bridgehead atoms. The van der Waals surface area contributed by atoms with Crippen molar-refractivity contribution in [1.82, 2.24) is 0 Å². The molecule has 6 atom stereocenters. The van der Waals surface area contributed by atoms with Gasteiger partial charge in [0, 0.05) is 0 Å². The van der Waals surface area contributed by atoms with E-state index in [9.17, 15) is 9.59 Å². The van der Waals surface area contributed by atoms with E-state index in [0.29, 0.717) is 6.42 Å². The summed E-state index contributed by atoms with van der Waals surface area (Å²) in [6, 6.07) is 0. The summed E-state index contributed by atoms with van der Waals surface area (Å²) in [7, 11) is 0. The molecule has 4 rings (SSSR count). The van der Waals surface area contributed by atoms with Gasteiger partial charge in [-0.15, -0.1) is 0 Å². The summed E-state index contributed by atoms with van der Waals surface area (Å²) in [6.45, 7) is 0. The van der Waals surface area contributed by atoms with Gasteiger partial charge in [-0.2, -0.15) is 0 Å². The Morgan fingerprint density at radius 3 is 3.00 bits per heavy atom. The predicted molar refractivity (Wildman–Crippen MR) is 63.0 cm³/mol. The first-order valence-corrected chi connectivity index (χ1v) is 6.95. The number of carbonyl (C=O) groups is 2. The van der Waals surface area contributed by atoms with Crippen LogP contribution in [-0.2, 0) is 23.8 Å². The standard InChI is InChI=1S/C14H16O5/c15-13(7-4-2-1-3-5-7)18-11-9-6-8-10(17-9)12(11)19-14(8)16/h1-2,7-12H,3-6H2. The van der Waals surface area contributed by atoms with Crippen molar-refractivity contribution >= 4 is 11.9 Å². The minimum absolute atomic E-state index is 0.0583. The van der Waals surface area contributed by atoms with Crippen LogP contribution in [0.2, 0.25) is 0 Å². The van der Waals surface area contributed by atoms with Crippen LogP contribution in [0, 0.1) is 11.8 Å². The molecule has 1 aliphatic carbocycles. The Balaban J connectivity index is 1.45. The van der Waals surface area contributed by atoms with Crippen molar-refractivity contribution in [2.45, 2.75) is 50.1 Å². The second kappa shape index (κ2) is 4.07. The lowest BCUT2D eigenvalue weighted by Gasteiger charge is -2.25. The number of hydrogen-bond acceptors (Lipinski definition) is 5. The number of hydrogen-bond donors (Lipinski definition) is 0. The fraction of sp³-hybridized carbons (Fsp3) is 0.714. The first kappa shape index (κ1) is 11.5. The van der Waals surface area contributed by atoms with E-state index in [1.807, 2.05) is 6.08 Å². The van der Waals surface area contributed by atoms with Crippen LogP contribution in [0.3, 0.4) is 0 Å². The smallest absolute Gasteiger partial charge is 0.312 e. The minimum atomic E-state index is -0.397. The molecule has 5 heteroatoms. The van der Waals surface area contributed by atoms with Crippen molar-refractivity contribution in [3.63, 3.8) is 0 Å². The zero-order valence-electron chi connectivity index (χ0n) is 10.5. The zero-order chi connectivity index (χ0) is 13.0. The number of rotatable bonds is 2. The normalized spacial score (nSPS) is 46.4. The first-order chi connectivity index (χ1) is 9.24. The van der Waals surface area contributed by atoms with Crippen molar-refractivity contribution in [1.29, 1.82) is 0 Å². The molecule has 102 valence electrons. The Kier molecular flexibility index (Phi) is 2.45. The fourth-order valence-electron chi connectivity index (χ4n) is 3.62. The van der Waals surface area contributed by atoms with Gasteiger partial charge in [-0.3, -0.25) is 9.59 Å². The summed E-state index contributed by atoms with van der Waals surface area (Å²) < 4.78 is 16.6. The number of carbonyl (C=O) groups excluding carboxylic acids is 2. The van der Waals surface area contributed by atoms with Gasteiger partial charge in [0.2, 0.25) is 0 Å². The van der Waals surface area contributed by atoms with Crippen LogP contribution in [0.15, 0.2) is 12.2 Å². The maximum atomic E-state index is 12.1. The third kappa shape index (κ3) is 1.64. The van der Waals surface area contributed by atoms with Crippen LogP contribution in [0.1, 0.15) is 25.7 Å². The lowest BCUT2D eigenvalue weighted by Crippen LogP contribution is -2.41. The molecule has 4 aliphatic rings. The van der Waals surface area contributed by atoms with Crippen LogP contribution >= 0.6 is 0 Å². The molecule has 5 nitrogen and oxygen atoms in total. The van der Waals surface area contributed by atoms with E-state index in [2.05, 4.69) is 6.08 Å². The molecule has 0 N–H and O–H groups in total. The molecule has 3 fully saturated rings. The highest BCUT2D eigenvalue weighted by atomic mass is 16.7. The molecule has 0 spiro atoms. The molecule has 3 saturated heterocycles. The molecule has 0 amide bonds. The van der Waals surface area contributed by atoms with Crippen molar-refractivity contribution in [3.8, 4) is 0 Å². The molecule has 6 unspecified atom stereocenters. The largest absolute Gasteiger partial charge is 0.455 e. The molecular weight excluding hydrogens is 248 g/mol. The Bertz CT molecular complexity index is 457. The summed E-state index contributed by atoms with van der Waals surface area (Å²) in [5.41, 5.74) is 0. The highest BCUT2D eigenvalue weighted by Crippen LogP contribution is 2.47. The average molecular weight is 264 g/mol. The summed E-state index contributed by atoms with van der Waals surface area (Å²) >= 11 is 0. The van der Waals surface area contributed by atoms with Crippen molar-refractivity contribution in [2.75, 3.05) is 0 Å². The number of allylic oxidation sites excluding steroid dienone is 2. The summed E-state index contributed by atoms with van der Waals surface area (Å²) in [5, 5.41) is 0. The molecule has 0 radical (unpaired) electrons. The maximum Gasteiger partial charge on any atom is 0.312 e. The van der Waals surface area contributed by atoms with Gasteiger partial charge in [0.1, 0.15) is 6.10 Å². The molecule has 0 aromatic rings. The van der Waals surface area contributed by atoms with E-state index in [1.54, 1.807) is 0 Å². The molecule has 0 aromatic carbocycles. The average Bonchev–Trinajstić information content (AvgIpc) is 3.04. The summed E-state index contributed by atoms with van der Waals surface area (Å²) in [6.07, 6.45) is 6.13. The molecular formula is C14H16O5. The summed E-state index contributed by atoms with van der Waals surface area (Å²) in [4.78, 5) is 23.7. The van der Waals surface area contributed by atoms with E-state index in [0.717, 1.165) is 19.3 Å². The zero-order valence-corrected chi connectivity index (χ0v) is 10.5. The number of esters is 2. The SMILES string of the molecule is O=C(OC1C2CC3C(=O)OC1C3O2)C1CC=CCC1. The quantitative estimate of drug-likeness (QED) is 0.549. The third-order valence-electron chi connectivity index (χ3n) is 4.64. The minimum Gasteiger partial charge on any atom is -0.455 e. The first-order valence-electron chi connectivity index (χ1n) is 6.95. The van der Waals surface area contributed by atoms with Gasteiger partial charge in [0.05, 0.1) is 17.9 Å². The summed E-state index contributed by atoms with van der Waals surface area (Å²) in [5.74, 6) is -0.568. The molecule has 3 aliphatic heterocycles. The molecule has 0 saturated carbocycles. The van der Waals surface area contributed by atoms with Crippen LogP contribution in [0.4, 0.5) is 0 Å². The second-order valence-electron chi connectivity index (χ2n) is 5.77. The Morgan fingerprint density at radius 2 is 2.21 bits per heavy atom. The van der Waals surface area contributed by atoms with Crippen LogP contribution < -0.4 is 0 Å². The Labute approximate surface area is 110 Å². The van der Waals surface area contributed by atoms with E-state index in [1.165, 1.54) is 0 Å². The lowest BCUT2D eigenvalue weighted by molar-refractivity contribution is -0.164. The van der Waals surface area contributed by atoms with E-state index in [-0.39, 0.29) is 42.1 Å². The monoisotopic (exact) mass is 264 g/mol. The van der Waals surface area contributed by atoms with Crippen molar-refractivity contribution in [3.05, 3.63) is 12.2 Å².